The molecule has 4 rings (SSSR count). The lowest BCUT2D eigenvalue weighted by Crippen LogP contribution is -2.28. The first-order chi connectivity index (χ1) is 14.1. The zero-order valence-electron chi connectivity index (χ0n) is 17.5. The van der Waals surface area contributed by atoms with Gasteiger partial charge >= 0.3 is 0 Å². The summed E-state index contributed by atoms with van der Waals surface area (Å²) in [6.45, 7) is 8.55. The van der Waals surface area contributed by atoms with Gasteiger partial charge in [0.15, 0.2) is 11.3 Å². The number of rotatable bonds is 4. The molecule has 1 saturated heterocycles. The molecule has 1 aliphatic rings. The molecule has 2 aromatic heterocycles. The smallest absolute Gasteiger partial charge is 0.291 e. The highest BCUT2D eigenvalue weighted by atomic mass is 32.2. The zero-order valence-corrected chi connectivity index (χ0v) is 18.3. The van der Waals surface area contributed by atoms with Gasteiger partial charge in [-0.25, -0.2) is 13.4 Å². The lowest BCUT2D eigenvalue weighted by Gasteiger charge is -2.14. The van der Waals surface area contributed by atoms with Crippen molar-refractivity contribution in [2.75, 3.05) is 18.4 Å². The van der Waals surface area contributed by atoms with E-state index in [1.54, 1.807) is 25.1 Å². The molecule has 1 amide bonds. The van der Waals surface area contributed by atoms with Crippen LogP contribution in [0.25, 0.3) is 11.1 Å². The number of carbonyl (C=O) groups is 1. The molecular formula is C21H25N3O5S. The van der Waals surface area contributed by atoms with E-state index in [4.69, 9.17) is 8.83 Å². The third-order valence-electron chi connectivity index (χ3n) is 5.07. The van der Waals surface area contributed by atoms with Crippen molar-refractivity contribution < 1.29 is 22.0 Å². The Hall–Kier alpha value is -2.65. The van der Waals surface area contributed by atoms with Gasteiger partial charge in [0.1, 0.15) is 16.2 Å². The fourth-order valence-corrected chi connectivity index (χ4v) is 5.10. The summed E-state index contributed by atoms with van der Waals surface area (Å²) < 4.78 is 38.3. The summed E-state index contributed by atoms with van der Waals surface area (Å²) in [7, 11) is -3.66. The normalized spacial score (nSPS) is 15.7. The number of oxazole rings is 1. The van der Waals surface area contributed by atoms with Crippen molar-refractivity contribution in [3.63, 3.8) is 0 Å². The van der Waals surface area contributed by atoms with Gasteiger partial charge in [-0.3, -0.25) is 4.79 Å². The number of hydrogen-bond acceptors (Lipinski definition) is 6. The fourth-order valence-electron chi connectivity index (χ4n) is 3.42. The predicted octanol–water partition coefficient (Wildman–Crippen LogP) is 4.06. The molecular weight excluding hydrogens is 406 g/mol. The predicted molar refractivity (Wildman–Crippen MR) is 112 cm³/mol. The maximum absolute atomic E-state index is 12.8. The number of amides is 1. The standard InChI is InChI=1S/C21H25N3O5S/c1-13-18(30(26,27)24-9-5-6-10-24)12-17(28-13)19(25)22-14-7-8-16-15(11-14)23-20(29-16)21(2,3)4/h7-8,11-12H,5-6,9-10H2,1-4H3,(H,22,25). The van der Waals surface area contributed by atoms with E-state index in [0.29, 0.717) is 35.8 Å². The molecule has 1 aromatic carbocycles. The third-order valence-corrected chi connectivity index (χ3v) is 7.07. The quantitative estimate of drug-likeness (QED) is 0.668. The van der Waals surface area contributed by atoms with Crippen LogP contribution in [-0.4, -0.2) is 36.7 Å². The molecule has 0 saturated carbocycles. The Kier molecular flexibility index (Phi) is 4.98. The van der Waals surface area contributed by atoms with Crippen LogP contribution in [0.1, 0.15) is 55.8 Å². The molecule has 0 radical (unpaired) electrons. The highest BCUT2D eigenvalue weighted by molar-refractivity contribution is 7.89. The van der Waals surface area contributed by atoms with E-state index in [1.807, 2.05) is 20.8 Å². The van der Waals surface area contributed by atoms with Crippen LogP contribution in [0.3, 0.4) is 0 Å². The molecule has 160 valence electrons. The van der Waals surface area contributed by atoms with Gasteiger partial charge in [0.2, 0.25) is 15.9 Å². The van der Waals surface area contributed by atoms with Gasteiger partial charge in [0.05, 0.1) is 0 Å². The summed E-state index contributed by atoms with van der Waals surface area (Å²) in [5.41, 5.74) is 1.54. The number of aromatic nitrogens is 1. The van der Waals surface area contributed by atoms with Crippen molar-refractivity contribution in [1.82, 2.24) is 9.29 Å². The molecule has 0 bridgehead atoms. The van der Waals surface area contributed by atoms with Gasteiger partial charge in [0, 0.05) is 30.3 Å². The Balaban J connectivity index is 1.57. The van der Waals surface area contributed by atoms with Crippen LogP contribution >= 0.6 is 0 Å². The first-order valence-electron chi connectivity index (χ1n) is 9.89. The van der Waals surface area contributed by atoms with Gasteiger partial charge in [-0.05, 0) is 38.0 Å². The number of benzene rings is 1. The average molecular weight is 432 g/mol. The molecule has 0 spiro atoms. The van der Waals surface area contributed by atoms with Gasteiger partial charge in [0.25, 0.3) is 5.91 Å². The van der Waals surface area contributed by atoms with Crippen LogP contribution in [0.2, 0.25) is 0 Å². The second-order valence-electron chi connectivity index (χ2n) is 8.55. The molecule has 0 atom stereocenters. The minimum absolute atomic E-state index is 0.0383. The lowest BCUT2D eigenvalue weighted by atomic mass is 9.97. The van der Waals surface area contributed by atoms with Crippen molar-refractivity contribution in [2.24, 2.45) is 0 Å². The number of hydrogen-bond donors (Lipinski definition) is 1. The second-order valence-corrected chi connectivity index (χ2v) is 10.5. The van der Waals surface area contributed by atoms with Gasteiger partial charge in [-0.15, -0.1) is 0 Å². The van der Waals surface area contributed by atoms with Crippen molar-refractivity contribution in [3.8, 4) is 0 Å². The highest BCUT2D eigenvalue weighted by Gasteiger charge is 2.31. The number of nitrogens with one attached hydrogen (secondary N) is 1. The number of sulfonamides is 1. The average Bonchev–Trinajstić information content (AvgIpc) is 3.40. The van der Waals surface area contributed by atoms with Crippen molar-refractivity contribution >= 4 is 32.7 Å². The van der Waals surface area contributed by atoms with Crippen LogP contribution in [0.15, 0.2) is 38.0 Å². The zero-order chi connectivity index (χ0) is 21.7. The SMILES string of the molecule is Cc1oc(C(=O)Nc2ccc3oc(C(C)(C)C)nc3c2)cc1S(=O)(=O)N1CCCC1. The molecule has 30 heavy (non-hydrogen) atoms. The molecule has 1 fully saturated rings. The molecule has 1 aliphatic heterocycles. The fraction of sp³-hybridized carbons (Fsp3) is 0.429. The number of nitrogens with zero attached hydrogens (tertiary/aromatic N) is 2. The summed E-state index contributed by atoms with van der Waals surface area (Å²) >= 11 is 0. The molecule has 9 heteroatoms. The van der Waals surface area contributed by atoms with Gasteiger partial charge in [-0.2, -0.15) is 4.31 Å². The minimum Gasteiger partial charge on any atom is -0.455 e. The number of furan rings is 1. The molecule has 3 aromatic rings. The van der Waals surface area contributed by atoms with E-state index in [9.17, 15) is 13.2 Å². The van der Waals surface area contributed by atoms with Crippen molar-refractivity contribution in [2.45, 2.75) is 50.8 Å². The minimum atomic E-state index is -3.66. The molecule has 1 N–H and O–H groups in total. The Morgan fingerprint density at radius 1 is 1.13 bits per heavy atom. The highest BCUT2D eigenvalue weighted by Crippen LogP contribution is 2.29. The summed E-state index contributed by atoms with van der Waals surface area (Å²) in [5.74, 6) is 0.231. The number of anilines is 1. The van der Waals surface area contributed by atoms with E-state index < -0.39 is 15.9 Å². The van der Waals surface area contributed by atoms with Crippen LogP contribution in [0.5, 0.6) is 0 Å². The largest absolute Gasteiger partial charge is 0.455 e. The summed E-state index contributed by atoms with van der Waals surface area (Å²) in [6.07, 6.45) is 1.68. The van der Waals surface area contributed by atoms with Crippen molar-refractivity contribution in [3.05, 3.63) is 41.7 Å². The number of aryl methyl sites for hydroxylation is 1. The van der Waals surface area contributed by atoms with Crippen molar-refractivity contribution in [1.29, 1.82) is 0 Å². The molecule has 8 nitrogen and oxygen atoms in total. The maximum Gasteiger partial charge on any atom is 0.291 e. The van der Waals surface area contributed by atoms with E-state index in [-0.39, 0.29) is 21.8 Å². The Morgan fingerprint density at radius 2 is 1.83 bits per heavy atom. The van der Waals surface area contributed by atoms with E-state index in [2.05, 4.69) is 10.3 Å². The molecule has 3 heterocycles. The van der Waals surface area contributed by atoms with E-state index in [1.165, 1.54) is 10.4 Å². The lowest BCUT2D eigenvalue weighted by molar-refractivity contribution is 0.0995. The Bertz CT molecular complexity index is 1210. The summed E-state index contributed by atoms with van der Waals surface area (Å²) in [4.78, 5) is 17.2. The monoisotopic (exact) mass is 431 g/mol. The molecule has 0 aliphatic carbocycles. The van der Waals surface area contributed by atoms with Crippen LogP contribution in [0.4, 0.5) is 5.69 Å². The summed E-state index contributed by atoms with van der Waals surface area (Å²) in [6, 6.07) is 6.45. The summed E-state index contributed by atoms with van der Waals surface area (Å²) in [5, 5.41) is 2.74. The third kappa shape index (κ3) is 3.75. The first-order valence-corrected chi connectivity index (χ1v) is 11.3. The van der Waals surface area contributed by atoms with Crippen LogP contribution < -0.4 is 5.32 Å². The first kappa shape index (κ1) is 20.6. The number of carbonyl (C=O) groups excluding carboxylic acids is 1. The van der Waals surface area contributed by atoms with E-state index >= 15 is 0 Å². The van der Waals surface area contributed by atoms with Crippen LogP contribution in [0, 0.1) is 6.92 Å². The van der Waals surface area contributed by atoms with Gasteiger partial charge < -0.3 is 14.2 Å². The Morgan fingerprint density at radius 3 is 2.50 bits per heavy atom. The van der Waals surface area contributed by atoms with E-state index in [0.717, 1.165) is 12.8 Å². The Labute approximate surface area is 175 Å². The van der Waals surface area contributed by atoms with Gasteiger partial charge in [-0.1, -0.05) is 20.8 Å². The number of fused-ring (bicyclic) bond motifs is 1. The second kappa shape index (κ2) is 7.24. The molecule has 0 unspecified atom stereocenters. The maximum atomic E-state index is 12.8. The topological polar surface area (TPSA) is 106 Å². The van der Waals surface area contributed by atoms with Crippen LogP contribution in [-0.2, 0) is 15.4 Å².